The lowest BCUT2D eigenvalue weighted by atomic mass is 10.2. The number of nitrogens with zero attached hydrogens (tertiary/aromatic N) is 2. The lowest BCUT2D eigenvalue weighted by Gasteiger charge is -2.21. The van der Waals surface area contributed by atoms with Crippen molar-refractivity contribution in [3.63, 3.8) is 0 Å². The molecular weight excluding hydrogens is 288 g/mol. The fourth-order valence-corrected chi connectivity index (χ4v) is 3.36. The average molecular weight is 312 g/mol. The van der Waals surface area contributed by atoms with Crippen molar-refractivity contribution in [2.24, 2.45) is 0 Å². The van der Waals surface area contributed by atoms with Crippen molar-refractivity contribution in [2.75, 3.05) is 44.9 Å². The maximum Gasteiger partial charge on any atom is 0.265 e. The molecule has 21 heavy (non-hydrogen) atoms. The molecule has 0 aliphatic carbocycles. The Balaban J connectivity index is 3.43. The fourth-order valence-electron chi connectivity index (χ4n) is 2.03. The van der Waals surface area contributed by atoms with Crippen molar-refractivity contribution in [3.8, 4) is 0 Å². The molecule has 0 atom stereocenters. The van der Waals surface area contributed by atoms with Crippen molar-refractivity contribution in [1.29, 1.82) is 0 Å². The molecule has 0 fully saturated rings. The van der Waals surface area contributed by atoms with Crippen LogP contribution in [0, 0.1) is 0 Å². The van der Waals surface area contributed by atoms with E-state index in [9.17, 15) is 9.59 Å². The van der Waals surface area contributed by atoms with E-state index in [4.69, 9.17) is 5.73 Å². The van der Waals surface area contributed by atoms with Crippen LogP contribution >= 0.6 is 11.3 Å². The first kappa shape index (κ1) is 17.3. The maximum atomic E-state index is 12.2. The van der Waals surface area contributed by atoms with Crippen LogP contribution < -0.4 is 16.0 Å². The van der Waals surface area contributed by atoms with E-state index in [1.807, 2.05) is 6.92 Å². The molecule has 0 aliphatic rings. The Morgan fingerprint density at radius 1 is 1.29 bits per heavy atom. The predicted molar refractivity (Wildman–Crippen MR) is 88.3 cm³/mol. The summed E-state index contributed by atoms with van der Waals surface area (Å²) < 4.78 is 0. The maximum absolute atomic E-state index is 12.2. The molecule has 0 saturated heterocycles. The molecule has 1 rings (SSSR count). The number of thiophene rings is 1. The third-order valence-electron chi connectivity index (χ3n) is 3.14. The molecule has 118 valence electrons. The Hall–Kier alpha value is -1.76. The van der Waals surface area contributed by atoms with E-state index in [1.54, 1.807) is 21.1 Å². The number of rotatable bonds is 6. The summed E-state index contributed by atoms with van der Waals surface area (Å²) in [5.74, 6) is -0.437. The van der Waals surface area contributed by atoms with Crippen LogP contribution in [0.5, 0.6) is 0 Å². The van der Waals surface area contributed by atoms with Crippen molar-refractivity contribution < 1.29 is 9.59 Å². The van der Waals surface area contributed by atoms with E-state index in [0.29, 0.717) is 10.4 Å². The molecule has 3 N–H and O–H groups in total. The first-order chi connectivity index (χ1) is 9.88. The number of amides is 2. The van der Waals surface area contributed by atoms with Crippen LogP contribution in [-0.4, -0.2) is 50.9 Å². The SMILES string of the molecule is CCCN(CC)c1sc(C(=O)N(C)C)c(N)c1C(=O)NC. The number of anilines is 2. The van der Waals surface area contributed by atoms with E-state index in [-0.39, 0.29) is 17.5 Å². The Bertz CT molecular complexity index is 525. The predicted octanol–water partition coefficient (Wildman–Crippen LogP) is 1.63. The summed E-state index contributed by atoms with van der Waals surface area (Å²) in [5.41, 5.74) is 6.76. The Morgan fingerprint density at radius 2 is 1.90 bits per heavy atom. The van der Waals surface area contributed by atoms with E-state index in [2.05, 4.69) is 17.1 Å². The minimum Gasteiger partial charge on any atom is -0.397 e. The number of nitrogen functional groups attached to an aromatic ring is 1. The van der Waals surface area contributed by atoms with Crippen molar-refractivity contribution in [2.45, 2.75) is 20.3 Å². The van der Waals surface area contributed by atoms with Gasteiger partial charge in [-0.25, -0.2) is 0 Å². The van der Waals surface area contributed by atoms with Gasteiger partial charge in [-0.05, 0) is 13.3 Å². The molecule has 0 aromatic carbocycles. The second-order valence-corrected chi connectivity index (χ2v) is 5.88. The van der Waals surface area contributed by atoms with Crippen molar-refractivity contribution in [1.82, 2.24) is 10.2 Å². The fraction of sp³-hybridized carbons (Fsp3) is 0.571. The Kier molecular flexibility index (Phi) is 6.02. The number of nitrogens with one attached hydrogen (secondary N) is 1. The minimum absolute atomic E-state index is 0.179. The monoisotopic (exact) mass is 312 g/mol. The quantitative estimate of drug-likeness (QED) is 0.837. The highest BCUT2D eigenvalue weighted by molar-refractivity contribution is 7.19. The first-order valence-corrected chi connectivity index (χ1v) is 7.81. The summed E-state index contributed by atoms with van der Waals surface area (Å²) in [6.07, 6.45) is 0.954. The van der Waals surface area contributed by atoms with Crippen LogP contribution in [-0.2, 0) is 0 Å². The van der Waals surface area contributed by atoms with Gasteiger partial charge in [-0.15, -0.1) is 11.3 Å². The summed E-state index contributed by atoms with van der Waals surface area (Å²) in [4.78, 5) is 28.3. The molecule has 1 heterocycles. The molecule has 0 saturated carbocycles. The normalized spacial score (nSPS) is 10.3. The average Bonchev–Trinajstić information content (AvgIpc) is 2.80. The summed E-state index contributed by atoms with van der Waals surface area (Å²) in [6, 6.07) is 0. The summed E-state index contributed by atoms with van der Waals surface area (Å²) >= 11 is 1.29. The van der Waals surface area contributed by atoms with Gasteiger partial charge in [-0.3, -0.25) is 9.59 Å². The lowest BCUT2D eigenvalue weighted by molar-refractivity contribution is 0.0833. The van der Waals surface area contributed by atoms with Crippen LogP contribution in [0.15, 0.2) is 0 Å². The van der Waals surface area contributed by atoms with Crippen LogP contribution in [0.2, 0.25) is 0 Å². The summed E-state index contributed by atoms with van der Waals surface area (Å²) in [5, 5.41) is 3.37. The van der Waals surface area contributed by atoms with Crippen molar-refractivity contribution >= 4 is 33.8 Å². The number of hydrogen-bond acceptors (Lipinski definition) is 5. The molecule has 6 nitrogen and oxygen atoms in total. The number of hydrogen-bond donors (Lipinski definition) is 2. The molecule has 2 amide bonds. The van der Waals surface area contributed by atoms with Crippen LogP contribution in [0.4, 0.5) is 10.7 Å². The third-order valence-corrected chi connectivity index (χ3v) is 4.40. The zero-order valence-corrected chi connectivity index (χ0v) is 14.1. The van der Waals surface area contributed by atoms with Gasteiger partial charge in [0, 0.05) is 34.2 Å². The molecule has 1 aromatic rings. The highest BCUT2D eigenvalue weighted by Gasteiger charge is 2.28. The number of carbonyl (C=O) groups excluding carboxylic acids is 2. The third kappa shape index (κ3) is 3.47. The summed E-state index contributed by atoms with van der Waals surface area (Å²) in [7, 11) is 4.90. The molecule has 0 bridgehead atoms. The van der Waals surface area contributed by atoms with Gasteiger partial charge >= 0.3 is 0 Å². The molecular formula is C14H24N4O2S. The van der Waals surface area contributed by atoms with Crippen LogP contribution in [0.1, 0.15) is 40.3 Å². The lowest BCUT2D eigenvalue weighted by Crippen LogP contribution is -2.27. The van der Waals surface area contributed by atoms with Gasteiger partial charge in [0.15, 0.2) is 0 Å². The van der Waals surface area contributed by atoms with E-state index < -0.39 is 0 Å². The van der Waals surface area contributed by atoms with Gasteiger partial charge in [-0.1, -0.05) is 6.92 Å². The highest BCUT2D eigenvalue weighted by atomic mass is 32.1. The molecule has 0 unspecified atom stereocenters. The first-order valence-electron chi connectivity index (χ1n) is 6.99. The van der Waals surface area contributed by atoms with Crippen LogP contribution in [0.25, 0.3) is 0 Å². The smallest absolute Gasteiger partial charge is 0.265 e. The van der Waals surface area contributed by atoms with E-state index in [0.717, 1.165) is 24.5 Å². The van der Waals surface area contributed by atoms with Gasteiger partial charge < -0.3 is 20.9 Å². The second-order valence-electron chi connectivity index (χ2n) is 4.88. The zero-order valence-electron chi connectivity index (χ0n) is 13.3. The van der Waals surface area contributed by atoms with E-state index >= 15 is 0 Å². The molecule has 0 aliphatic heterocycles. The van der Waals surface area contributed by atoms with E-state index in [1.165, 1.54) is 16.2 Å². The van der Waals surface area contributed by atoms with Gasteiger partial charge in [0.2, 0.25) is 0 Å². The van der Waals surface area contributed by atoms with Gasteiger partial charge in [-0.2, -0.15) is 0 Å². The van der Waals surface area contributed by atoms with Gasteiger partial charge in [0.25, 0.3) is 11.8 Å². The minimum atomic E-state index is -0.258. The molecule has 7 heteroatoms. The second kappa shape index (κ2) is 7.31. The number of nitrogens with two attached hydrogens (primary N) is 1. The van der Waals surface area contributed by atoms with Gasteiger partial charge in [0.1, 0.15) is 9.88 Å². The highest BCUT2D eigenvalue weighted by Crippen LogP contribution is 2.38. The van der Waals surface area contributed by atoms with Crippen molar-refractivity contribution in [3.05, 3.63) is 10.4 Å². The zero-order chi connectivity index (χ0) is 16.2. The molecule has 0 spiro atoms. The standard InChI is InChI=1S/C14H24N4O2S/c1-6-8-18(7-2)14-9(12(19)16-3)10(15)11(21-14)13(20)17(4)5/h6-8,15H2,1-5H3,(H,16,19). The van der Waals surface area contributed by atoms with Gasteiger partial charge in [0.05, 0.1) is 11.3 Å². The largest absolute Gasteiger partial charge is 0.397 e. The number of carbonyl (C=O) groups is 2. The summed E-state index contributed by atoms with van der Waals surface area (Å²) in [6.45, 7) is 5.67. The molecule has 1 aromatic heterocycles. The topological polar surface area (TPSA) is 78.7 Å². The Morgan fingerprint density at radius 3 is 2.33 bits per heavy atom. The molecule has 0 radical (unpaired) electrons. The Labute approximate surface area is 129 Å². The van der Waals surface area contributed by atoms with Crippen LogP contribution in [0.3, 0.4) is 0 Å².